The number of benzene rings is 1. The molecule has 2 N–H and O–H groups in total. The smallest absolute Gasteiger partial charge is 0.318 e. The van der Waals surface area contributed by atoms with Crippen LogP contribution in [0.3, 0.4) is 0 Å². The standard InChI is InChI=1S/C12H10O4/c13-11(14)10(12(15)16)6-8-5-7-3-1-2-4-9(7)8/h1-5,10H,6H2,(H,13,14)(H,15,16). The largest absolute Gasteiger partial charge is 0.481 e. The molecule has 0 bridgehead atoms. The van der Waals surface area contributed by atoms with Crippen molar-refractivity contribution in [3.05, 3.63) is 35.4 Å². The van der Waals surface area contributed by atoms with Gasteiger partial charge in [0, 0.05) is 0 Å². The van der Waals surface area contributed by atoms with Crippen LogP contribution in [0.4, 0.5) is 0 Å². The Kier molecular flexibility index (Phi) is 2.48. The van der Waals surface area contributed by atoms with Crippen LogP contribution in [-0.2, 0) is 9.59 Å². The van der Waals surface area contributed by atoms with Gasteiger partial charge in [-0.3, -0.25) is 9.59 Å². The number of hydrogen-bond donors (Lipinski definition) is 2. The molecule has 0 saturated heterocycles. The van der Waals surface area contributed by atoms with Gasteiger partial charge in [0.2, 0.25) is 0 Å². The number of carbonyl (C=O) groups is 2. The molecule has 0 amide bonds. The van der Waals surface area contributed by atoms with Crippen molar-refractivity contribution >= 4 is 23.6 Å². The van der Waals surface area contributed by atoms with Gasteiger partial charge < -0.3 is 10.2 Å². The second-order valence-electron chi connectivity index (χ2n) is 3.69. The number of aliphatic carboxylic acids is 2. The molecular formula is C12H10O4. The summed E-state index contributed by atoms with van der Waals surface area (Å²) in [7, 11) is 0. The number of carboxylic acid groups (broad SMARTS) is 2. The fourth-order valence-electron chi connectivity index (χ4n) is 1.77. The first-order valence-electron chi connectivity index (χ1n) is 4.85. The summed E-state index contributed by atoms with van der Waals surface area (Å²) in [6, 6.07) is 7.52. The average molecular weight is 218 g/mol. The van der Waals surface area contributed by atoms with Crippen molar-refractivity contribution < 1.29 is 19.8 Å². The first-order valence-corrected chi connectivity index (χ1v) is 4.85. The minimum Gasteiger partial charge on any atom is -0.481 e. The van der Waals surface area contributed by atoms with Crippen LogP contribution in [0.15, 0.2) is 24.3 Å². The zero-order valence-corrected chi connectivity index (χ0v) is 8.38. The molecule has 4 nitrogen and oxygen atoms in total. The molecule has 16 heavy (non-hydrogen) atoms. The average Bonchev–Trinajstić information content (AvgIpc) is 2.18. The van der Waals surface area contributed by atoms with E-state index in [4.69, 9.17) is 10.2 Å². The van der Waals surface area contributed by atoms with Gasteiger partial charge in [0.05, 0.1) is 0 Å². The van der Waals surface area contributed by atoms with Crippen LogP contribution in [0.1, 0.15) is 17.5 Å². The fourth-order valence-corrected chi connectivity index (χ4v) is 1.77. The maximum absolute atomic E-state index is 10.7. The molecule has 0 radical (unpaired) electrons. The second-order valence-corrected chi connectivity index (χ2v) is 3.69. The zero-order valence-electron chi connectivity index (χ0n) is 8.38. The zero-order chi connectivity index (χ0) is 11.7. The topological polar surface area (TPSA) is 74.6 Å². The van der Waals surface area contributed by atoms with E-state index in [2.05, 4.69) is 0 Å². The Hall–Kier alpha value is -2.10. The van der Waals surface area contributed by atoms with E-state index in [0.717, 1.165) is 16.7 Å². The number of carboxylic acids is 2. The third kappa shape index (κ3) is 1.69. The molecular weight excluding hydrogens is 208 g/mol. The molecule has 1 aliphatic carbocycles. The fraction of sp³-hybridized carbons (Fsp3) is 0.167. The predicted molar refractivity (Wildman–Crippen MR) is 57.7 cm³/mol. The normalized spacial score (nSPS) is 12.7. The van der Waals surface area contributed by atoms with Crippen LogP contribution in [0, 0.1) is 5.92 Å². The predicted octanol–water partition coefficient (Wildman–Crippen LogP) is 1.72. The molecule has 0 aromatic heterocycles. The highest BCUT2D eigenvalue weighted by Crippen LogP contribution is 2.36. The van der Waals surface area contributed by atoms with Crippen LogP contribution in [0.5, 0.6) is 0 Å². The van der Waals surface area contributed by atoms with Crippen LogP contribution in [-0.4, -0.2) is 22.2 Å². The first kappa shape index (κ1) is 10.4. The molecule has 0 aliphatic heterocycles. The van der Waals surface area contributed by atoms with Gasteiger partial charge in [-0.1, -0.05) is 30.3 Å². The maximum atomic E-state index is 10.7. The van der Waals surface area contributed by atoms with E-state index < -0.39 is 17.9 Å². The molecule has 1 aromatic carbocycles. The highest BCUT2D eigenvalue weighted by atomic mass is 16.4. The Bertz CT molecular complexity index is 474. The van der Waals surface area contributed by atoms with E-state index >= 15 is 0 Å². The van der Waals surface area contributed by atoms with Crippen molar-refractivity contribution in [3.63, 3.8) is 0 Å². The Morgan fingerprint density at radius 2 is 1.75 bits per heavy atom. The number of hydrogen-bond acceptors (Lipinski definition) is 2. The number of allylic oxidation sites excluding steroid dienone is 1. The van der Waals surface area contributed by atoms with Crippen molar-refractivity contribution in [2.75, 3.05) is 0 Å². The molecule has 2 rings (SSSR count). The summed E-state index contributed by atoms with van der Waals surface area (Å²) in [4.78, 5) is 21.4. The van der Waals surface area contributed by atoms with E-state index in [1.165, 1.54) is 0 Å². The Morgan fingerprint density at radius 3 is 2.31 bits per heavy atom. The van der Waals surface area contributed by atoms with Gasteiger partial charge in [-0.25, -0.2) is 0 Å². The third-order valence-electron chi connectivity index (χ3n) is 2.66. The SMILES string of the molecule is O=C(O)C(CC1=Cc2ccccc21)C(=O)O. The Balaban J connectivity index is 2.14. The Labute approximate surface area is 91.8 Å². The van der Waals surface area contributed by atoms with E-state index in [9.17, 15) is 9.59 Å². The highest BCUT2D eigenvalue weighted by Gasteiger charge is 2.29. The molecule has 0 heterocycles. The number of fused-ring (bicyclic) bond motifs is 1. The van der Waals surface area contributed by atoms with Crippen LogP contribution >= 0.6 is 0 Å². The molecule has 0 fully saturated rings. The number of rotatable bonds is 4. The summed E-state index contributed by atoms with van der Waals surface area (Å²) in [6.07, 6.45) is 1.87. The molecule has 0 unspecified atom stereocenters. The summed E-state index contributed by atoms with van der Waals surface area (Å²) in [5.41, 5.74) is 2.78. The minimum atomic E-state index is -1.36. The van der Waals surface area contributed by atoms with Crippen molar-refractivity contribution in [1.29, 1.82) is 0 Å². The van der Waals surface area contributed by atoms with Crippen LogP contribution < -0.4 is 0 Å². The molecule has 0 spiro atoms. The lowest BCUT2D eigenvalue weighted by Gasteiger charge is -2.21. The summed E-state index contributed by atoms with van der Waals surface area (Å²) >= 11 is 0. The van der Waals surface area contributed by atoms with Crippen molar-refractivity contribution in [2.24, 2.45) is 5.92 Å². The van der Waals surface area contributed by atoms with Crippen LogP contribution in [0.2, 0.25) is 0 Å². The van der Waals surface area contributed by atoms with Crippen molar-refractivity contribution in [2.45, 2.75) is 6.42 Å². The van der Waals surface area contributed by atoms with Gasteiger partial charge in [0.15, 0.2) is 5.92 Å². The molecule has 1 aromatic rings. The van der Waals surface area contributed by atoms with Gasteiger partial charge in [0.25, 0.3) is 0 Å². The maximum Gasteiger partial charge on any atom is 0.318 e. The third-order valence-corrected chi connectivity index (χ3v) is 2.66. The lowest BCUT2D eigenvalue weighted by Crippen LogP contribution is -2.24. The second kappa shape index (κ2) is 3.81. The van der Waals surface area contributed by atoms with Gasteiger partial charge in [-0.05, 0) is 23.1 Å². The quantitative estimate of drug-likeness (QED) is 0.754. The van der Waals surface area contributed by atoms with Crippen molar-refractivity contribution in [3.8, 4) is 0 Å². The lowest BCUT2D eigenvalue weighted by molar-refractivity contribution is -0.154. The summed E-state index contributed by atoms with van der Waals surface area (Å²) in [6.45, 7) is 0. The molecule has 82 valence electrons. The molecule has 4 heteroatoms. The van der Waals surface area contributed by atoms with Gasteiger partial charge in [0.1, 0.15) is 0 Å². The first-order chi connectivity index (χ1) is 7.59. The highest BCUT2D eigenvalue weighted by molar-refractivity contribution is 6.00. The van der Waals surface area contributed by atoms with E-state index in [0.29, 0.717) is 0 Å². The van der Waals surface area contributed by atoms with Gasteiger partial charge >= 0.3 is 11.9 Å². The minimum absolute atomic E-state index is 0.0433. The summed E-state index contributed by atoms with van der Waals surface area (Å²) < 4.78 is 0. The van der Waals surface area contributed by atoms with Crippen molar-refractivity contribution in [1.82, 2.24) is 0 Å². The molecule has 0 saturated carbocycles. The van der Waals surface area contributed by atoms with Gasteiger partial charge in [-0.15, -0.1) is 0 Å². The monoisotopic (exact) mass is 218 g/mol. The van der Waals surface area contributed by atoms with E-state index in [1.807, 2.05) is 30.3 Å². The summed E-state index contributed by atoms with van der Waals surface area (Å²) in [5.74, 6) is -3.95. The molecule has 1 aliphatic rings. The Morgan fingerprint density at radius 1 is 1.12 bits per heavy atom. The lowest BCUT2D eigenvalue weighted by atomic mass is 9.83. The molecule has 0 atom stereocenters. The van der Waals surface area contributed by atoms with Crippen LogP contribution in [0.25, 0.3) is 11.6 Å². The van der Waals surface area contributed by atoms with Gasteiger partial charge in [-0.2, -0.15) is 0 Å². The van der Waals surface area contributed by atoms with E-state index in [-0.39, 0.29) is 6.42 Å². The van der Waals surface area contributed by atoms with E-state index in [1.54, 1.807) is 0 Å². The summed E-state index contributed by atoms with van der Waals surface area (Å²) in [5, 5.41) is 17.5.